The van der Waals surface area contributed by atoms with Crippen molar-refractivity contribution in [3.8, 4) is 5.19 Å². The zero-order chi connectivity index (χ0) is 13.3. The van der Waals surface area contributed by atoms with Gasteiger partial charge in [0.05, 0.1) is 0 Å². The zero-order valence-corrected chi connectivity index (χ0v) is 13.3. The molecule has 2 bridgehead atoms. The van der Waals surface area contributed by atoms with Crippen molar-refractivity contribution in [2.24, 2.45) is 17.8 Å². The van der Waals surface area contributed by atoms with E-state index in [4.69, 9.17) is 0 Å². The van der Waals surface area contributed by atoms with Gasteiger partial charge in [0.1, 0.15) is 5.03 Å². The van der Waals surface area contributed by atoms with Gasteiger partial charge in [0, 0.05) is 26.1 Å². The highest BCUT2D eigenvalue weighted by Crippen LogP contribution is 2.64. The van der Waals surface area contributed by atoms with Gasteiger partial charge >= 0.3 is 0 Å². The van der Waals surface area contributed by atoms with E-state index in [-0.39, 0.29) is 5.19 Å². The summed E-state index contributed by atoms with van der Waals surface area (Å²) in [5.41, 5.74) is 0. The molecule has 2 nitrogen and oxygen atoms in total. The topological polar surface area (TPSA) is 36.0 Å². The third-order valence-corrected chi connectivity index (χ3v) is 8.79. The second kappa shape index (κ2) is 4.24. The minimum absolute atomic E-state index is 0.00336. The molecule has 5 unspecified atom stereocenters. The van der Waals surface area contributed by atoms with Gasteiger partial charge in [-0.25, -0.2) is 4.98 Å². The number of fused-ring (bicyclic) bond motifs is 6. The van der Waals surface area contributed by atoms with E-state index >= 15 is 0 Å². The normalized spacial score (nSPS) is 37.9. The molecule has 2 fully saturated rings. The molecule has 0 N–H and O–H groups in total. The Morgan fingerprint density at radius 1 is 1.25 bits per heavy atom. The third-order valence-electron chi connectivity index (χ3n) is 5.27. The summed E-state index contributed by atoms with van der Waals surface area (Å²) in [5.74, 6) is 2.92. The van der Waals surface area contributed by atoms with Crippen molar-refractivity contribution in [2.75, 3.05) is 0 Å². The first-order valence-electron chi connectivity index (χ1n) is 7.19. The van der Waals surface area contributed by atoms with Crippen molar-refractivity contribution >= 4 is 34.4 Å². The first-order chi connectivity index (χ1) is 9.81. The molecule has 0 radical (unpaired) electrons. The van der Waals surface area contributed by atoms with Crippen LogP contribution in [0.1, 0.15) is 34.9 Å². The lowest BCUT2D eigenvalue weighted by atomic mass is 9.77. The molecule has 0 saturated heterocycles. The van der Waals surface area contributed by atoms with Crippen LogP contribution in [0.5, 0.6) is 5.19 Å². The van der Waals surface area contributed by atoms with Crippen LogP contribution in [0, 0.1) is 17.8 Å². The van der Waals surface area contributed by atoms with Gasteiger partial charge < -0.3 is 5.11 Å². The number of hydrogen-bond acceptors (Lipinski definition) is 5. The van der Waals surface area contributed by atoms with Crippen LogP contribution in [0.25, 0.3) is 0 Å². The van der Waals surface area contributed by atoms with Crippen molar-refractivity contribution in [3.63, 3.8) is 0 Å². The standard InChI is InChI=1S/C15H15NOS3/c17-15-16-14-13(20-15)11(9-2-1-5-18-9)10-7-3-4-8(6-7)12(10)19-14/h1-2,5,7-8,10-12H,3-4,6H2,(H,16,17)/p-1. The molecule has 2 aromatic heterocycles. The van der Waals surface area contributed by atoms with Crippen molar-refractivity contribution < 1.29 is 5.11 Å². The summed E-state index contributed by atoms with van der Waals surface area (Å²) in [7, 11) is 0. The predicted molar refractivity (Wildman–Crippen MR) is 81.7 cm³/mol. The highest BCUT2D eigenvalue weighted by Gasteiger charge is 2.54. The number of rotatable bonds is 1. The van der Waals surface area contributed by atoms with Crippen molar-refractivity contribution in [2.45, 2.75) is 35.5 Å². The first kappa shape index (κ1) is 12.1. The summed E-state index contributed by atoms with van der Waals surface area (Å²) in [4.78, 5) is 6.99. The Hall–Kier alpha value is -0.520. The molecule has 5 rings (SSSR count). The van der Waals surface area contributed by atoms with Crippen LogP contribution < -0.4 is 5.11 Å². The highest BCUT2D eigenvalue weighted by atomic mass is 32.2. The maximum absolute atomic E-state index is 11.8. The lowest BCUT2D eigenvalue weighted by Crippen LogP contribution is -2.33. The van der Waals surface area contributed by atoms with Crippen molar-refractivity contribution in [1.29, 1.82) is 0 Å². The first-order valence-corrected chi connectivity index (χ1v) is 9.76. The molecule has 5 heteroatoms. The number of thiophene rings is 1. The Bertz CT molecular complexity index is 650. The molecular weight excluding hydrogens is 306 g/mol. The Kier molecular flexibility index (Phi) is 2.56. The second-order valence-electron chi connectivity index (χ2n) is 6.14. The van der Waals surface area contributed by atoms with Crippen LogP contribution in [-0.4, -0.2) is 10.2 Å². The van der Waals surface area contributed by atoms with E-state index in [0.717, 1.165) is 22.8 Å². The van der Waals surface area contributed by atoms with Gasteiger partial charge in [-0.2, -0.15) is 0 Å². The van der Waals surface area contributed by atoms with Gasteiger partial charge in [0.25, 0.3) is 0 Å². The van der Waals surface area contributed by atoms with Gasteiger partial charge in [-0.1, -0.05) is 6.07 Å². The average molecular weight is 320 g/mol. The molecule has 2 aromatic rings. The average Bonchev–Trinajstić information content (AvgIpc) is 3.19. The zero-order valence-electron chi connectivity index (χ0n) is 10.8. The fourth-order valence-electron chi connectivity index (χ4n) is 4.59. The van der Waals surface area contributed by atoms with Crippen LogP contribution in [0.2, 0.25) is 0 Å². The Morgan fingerprint density at radius 3 is 3.00 bits per heavy atom. The molecule has 0 aromatic carbocycles. The molecular formula is C15H14NOS3-. The number of thiazole rings is 1. The molecule has 5 atom stereocenters. The van der Waals surface area contributed by atoms with E-state index in [1.807, 2.05) is 23.1 Å². The Labute approximate surface area is 130 Å². The van der Waals surface area contributed by atoms with Gasteiger partial charge in [-0.15, -0.1) is 34.4 Å². The molecule has 3 heterocycles. The number of nitrogens with zero attached hydrogens (tertiary/aromatic N) is 1. The SMILES string of the molecule is [O-]c1nc2c(s1)C(c1cccs1)C1C3CCC(C3)C1S2. The van der Waals surface area contributed by atoms with E-state index in [1.165, 1.54) is 40.4 Å². The van der Waals surface area contributed by atoms with Gasteiger partial charge in [-0.3, -0.25) is 0 Å². The number of aromatic nitrogens is 1. The van der Waals surface area contributed by atoms with E-state index < -0.39 is 0 Å². The fourth-order valence-corrected chi connectivity index (χ4v) is 8.37. The molecule has 0 amide bonds. The van der Waals surface area contributed by atoms with Crippen LogP contribution in [0.4, 0.5) is 0 Å². The summed E-state index contributed by atoms with van der Waals surface area (Å²) in [6, 6.07) is 4.39. The van der Waals surface area contributed by atoms with Crippen molar-refractivity contribution in [3.05, 3.63) is 27.3 Å². The fraction of sp³-hybridized carbons (Fsp3) is 0.533. The van der Waals surface area contributed by atoms with Gasteiger partial charge in [0.2, 0.25) is 0 Å². The Morgan fingerprint density at radius 2 is 2.15 bits per heavy atom. The molecule has 2 aliphatic carbocycles. The lowest BCUT2D eigenvalue weighted by Gasteiger charge is -2.39. The highest BCUT2D eigenvalue weighted by molar-refractivity contribution is 8.00. The Balaban J connectivity index is 1.69. The summed E-state index contributed by atoms with van der Waals surface area (Å²) >= 11 is 5.15. The van der Waals surface area contributed by atoms with Crippen LogP contribution in [0.3, 0.4) is 0 Å². The van der Waals surface area contributed by atoms with E-state index in [1.54, 1.807) is 0 Å². The third kappa shape index (κ3) is 1.54. The summed E-state index contributed by atoms with van der Waals surface area (Å²) < 4.78 is 0. The summed E-state index contributed by atoms with van der Waals surface area (Å²) in [5, 5.41) is 15.7. The van der Waals surface area contributed by atoms with E-state index in [9.17, 15) is 5.11 Å². The molecule has 20 heavy (non-hydrogen) atoms. The molecule has 104 valence electrons. The number of hydrogen-bond donors (Lipinski definition) is 0. The van der Waals surface area contributed by atoms with E-state index in [2.05, 4.69) is 22.5 Å². The van der Waals surface area contributed by atoms with Gasteiger partial charge in [-0.05, 0) is 48.5 Å². The molecule has 3 aliphatic rings. The monoisotopic (exact) mass is 320 g/mol. The largest absolute Gasteiger partial charge is 0.851 e. The van der Waals surface area contributed by atoms with Crippen LogP contribution in [0.15, 0.2) is 22.5 Å². The van der Waals surface area contributed by atoms with Crippen LogP contribution >= 0.6 is 34.4 Å². The lowest BCUT2D eigenvalue weighted by molar-refractivity contribution is -0.268. The van der Waals surface area contributed by atoms with Gasteiger partial charge in [0.15, 0.2) is 0 Å². The molecule has 2 saturated carbocycles. The molecule has 0 spiro atoms. The predicted octanol–water partition coefficient (Wildman–Crippen LogP) is 3.93. The summed E-state index contributed by atoms with van der Waals surface area (Å²) in [6.45, 7) is 0. The van der Waals surface area contributed by atoms with Crippen LogP contribution in [-0.2, 0) is 0 Å². The number of thioether (sulfide) groups is 1. The maximum atomic E-state index is 11.8. The minimum Gasteiger partial charge on any atom is -0.851 e. The van der Waals surface area contributed by atoms with E-state index in [0.29, 0.717) is 11.2 Å². The minimum atomic E-state index is -0.00336. The second-order valence-corrected chi connectivity index (χ2v) is 9.27. The quantitative estimate of drug-likeness (QED) is 0.798. The maximum Gasteiger partial charge on any atom is 0.110 e. The smallest absolute Gasteiger partial charge is 0.110 e. The summed E-state index contributed by atoms with van der Waals surface area (Å²) in [6.07, 6.45) is 4.19. The van der Waals surface area contributed by atoms with Crippen molar-refractivity contribution in [1.82, 2.24) is 4.98 Å². The molecule has 1 aliphatic heterocycles.